The van der Waals surface area contributed by atoms with Gasteiger partial charge in [-0.25, -0.2) is 0 Å². The van der Waals surface area contributed by atoms with Crippen LogP contribution in [0.4, 0.5) is 18.9 Å². The lowest BCUT2D eigenvalue weighted by atomic mass is 10.00. The lowest BCUT2D eigenvalue weighted by Crippen LogP contribution is -2.45. The molecule has 1 aromatic rings. The van der Waals surface area contributed by atoms with Crippen molar-refractivity contribution in [2.45, 2.75) is 44.9 Å². The maximum atomic E-state index is 12.8. The summed E-state index contributed by atoms with van der Waals surface area (Å²) >= 11 is 0. The van der Waals surface area contributed by atoms with Gasteiger partial charge in [-0.3, -0.25) is 19.8 Å². The number of hydrogen-bond donors (Lipinski definition) is 0. The van der Waals surface area contributed by atoms with Crippen LogP contribution in [0, 0.1) is 10.1 Å². The van der Waals surface area contributed by atoms with Crippen LogP contribution in [0.1, 0.15) is 37.3 Å². The minimum absolute atomic E-state index is 0.0257. The second kappa shape index (κ2) is 7.81. The van der Waals surface area contributed by atoms with Gasteiger partial charge in [-0.15, -0.1) is 0 Å². The van der Waals surface area contributed by atoms with Crippen molar-refractivity contribution in [2.75, 3.05) is 13.2 Å². The van der Waals surface area contributed by atoms with Crippen LogP contribution >= 0.6 is 0 Å². The summed E-state index contributed by atoms with van der Waals surface area (Å²) in [5.74, 6) is -0.406. The van der Waals surface area contributed by atoms with Crippen molar-refractivity contribution < 1.29 is 27.6 Å². The minimum atomic E-state index is -4.65. The van der Waals surface area contributed by atoms with Crippen molar-refractivity contribution in [3.63, 3.8) is 0 Å². The average Bonchev–Trinajstić information content (AvgIpc) is 2.54. The highest BCUT2D eigenvalue weighted by Gasteiger charge is 2.35. The Kier molecular flexibility index (Phi) is 5.99. The summed E-state index contributed by atoms with van der Waals surface area (Å²) in [5, 5.41) is 11.2. The Labute approximate surface area is 142 Å². The average molecular weight is 360 g/mol. The fourth-order valence-corrected chi connectivity index (χ4v) is 2.95. The topological polar surface area (TPSA) is 72.7 Å². The predicted octanol–water partition coefficient (Wildman–Crippen LogP) is 3.53. The SMILES string of the molecule is CCOC(=O)C1CCCCN1Cc1ccc(C(F)(F)F)cc1[N+](=O)[O-]. The molecule has 0 radical (unpaired) electrons. The third-order valence-electron chi connectivity index (χ3n) is 4.16. The van der Waals surface area contributed by atoms with Crippen molar-refractivity contribution in [3.8, 4) is 0 Å². The van der Waals surface area contributed by atoms with Gasteiger partial charge in [0.05, 0.1) is 17.1 Å². The summed E-state index contributed by atoms with van der Waals surface area (Å²) in [5.41, 5.74) is -1.51. The number of piperidine rings is 1. The Hall–Kier alpha value is -2.16. The fourth-order valence-electron chi connectivity index (χ4n) is 2.95. The Bertz CT molecular complexity index is 649. The molecule has 0 aliphatic carbocycles. The van der Waals surface area contributed by atoms with Gasteiger partial charge in [0, 0.05) is 18.2 Å². The van der Waals surface area contributed by atoms with Gasteiger partial charge in [0.1, 0.15) is 6.04 Å². The van der Waals surface area contributed by atoms with Crippen LogP contribution in [-0.2, 0) is 22.3 Å². The molecule has 1 atom stereocenters. The molecular weight excluding hydrogens is 341 g/mol. The maximum absolute atomic E-state index is 12.8. The molecule has 6 nitrogen and oxygen atoms in total. The van der Waals surface area contributed by atoms with E-state index in [0.717, 1.165) is 25.0 Å². The van der Waals surface area contributed by atoms with E-state index in [2.05, 4.69) is 0 Å². The van der Waals surface area contributed by atoms with Gasteiger partial charge in [0.2, 0.25) is 0 Å². The van der Waals surface area contributed by atoms with Crippen LogP contribution < -0.4 is 0 Å². The quantitative estimate of drug-likeness (QED) is 0.456. The number of halogens is 3. The molecule has 1 aromatic carbocycles. The highest BCUT2D eigenvalue weighted by atomic mass is 19.4. The van der Waals surface area contributed by atoms with Gasteiger partial charge in [0.15, 0.2) is 0 Å². The number of esters is 1. The smallest absolute Gasteiger partial charge is 0.416 e. The van der Waals surface area contributed by atoms with Gasteiger partial charge >= 0.3 is 12.1 Å². The Morgan fingerprint density at radius 3 is 2.72 bits per heavy atom. The molecule has 0 saturated carbocycles. The zero-order valence-electron chi connectivity index (χ0n) is 13.7. The monoisotopic (exact) mass is 360 g/mol. The number of alkyl halides is 3. The molecule has 1 fully saturated rings. The number of nitro groups is 1. The molecule has 1 saturated heterocycles. The Balaban J connectivity index is 2.28. The lowest BCUT2D eigenvalue weighted by Gasteiger charge is -2.33. The highest BCUT2D eigenvalue weighted by molar-refractivity contribution is 5.75. The van der Waals surface area contributed by atoms with E-state index in [9.17, 15) is 28.1 Å². The number of benzene rings is 1. The normalized spacial score (nSPS) is 18.8. The third-order valence-corrected chi connectivity index (χ3v) is 4.16. The van der Waals surface area contributed by atoms with Crippen molar-refractivity contribution in [3.05, 3.63) is 39.4 Å². The van der Waals surface area contributed by atoms with Crippen molar-refractivity contribution in [1.82, 2.24) is 4.90 Å². The number of rotatable bonds is 5. The van der Waals surface area contributed by atoms with Gasteiger partial charge in [0.25, 0.3) is 5.69 Å². The van der Waals surface area contributed by atoms with Gasteiger partial charge < -0.3 is 4.74 Å². The van der Waals surface area contributed by atoms with Gasteiger partial charge in [-0.05, 0) is 32.4 Å². The van der Waals surface area contributed by atoms with Crippen LogP contribution in [-0.4, -0.2) is 35.0 Å². The Morgan fingerprint density at radius 1 is 1.40 bits per heavy atom. The summed E-state index contributed by atoms with van der Waals surface area (Å²) < 4.78 is 43.4. The third kappa shape index (κ3) is 4.68. The summed E-state index contributed by atoms with van der Waals surface area (Å²) in [7, 11) is 0. The van der Waals surface area contributed by atoms with Gasteiger partial charge in [-0.1, -0.05) is 12.5 Å². The molecule has 2 rings (SSSR count). The van der Waals surface area contributed by atoms with E-state index in [0.29, 0.717) is 19.0 Å². The molecule has 1 aliphatic rings. The first-order valence-electron chi connectivity index (χ1n) is 7.99. The van der Waals surface area contributed by atoms with E-state index >= 15 is 0 Å². The molecule has 1 heterocycles. The molecule has 0 bridgehead atoms. The second-order valence-electron chi connectivity index (χ2n) is 5.83. The molecule has 1 unspecified atom stereocenters. The number of ether oxygens (including phenoxy) is 1. The molecule has 138 valence electrons. The number of likely N-dealkylation sites (tertiary alicyclic amines) is 1. The molecule has 1 aliphatic heterocycles. The van der Waals surface area contributed by atoms with Crippen LogP contribution in [0.3, 0.4) is 0 Å². The molecule has 0 amide bonds. The maximum Gasteiger partial charge on any atom is 0.416 e. The number of nitro benzene ring substituents is 1. The fraction of sp³-hybridized carbons (Fsp3) is 0.562. The molecule has 0 N–H and O–H groups in total. The number of hydrogen-bond acceptors (Lipinski definition) is 5. The summed E-state index contributed by atoms with van der Waals surface area (Å²) in [4.78, 5) is 24.2. The first-order chi connectivity index (χ1) is 11.7. The molecule has 0 aromatic heterocycles. The van der Waals surface area contributed by atoms with E-state index in [1.807, 2.05) is 0 Å². The first-order valence-corrected chi connectivity index (χ1v) is 7.99. The van der Waals surface area contributed by atoms with Crippen molar-refractivity contribution >= 4 is 11.7 Å². The van der Waals surface area contributed by atoms with E-state index in [1.165, 1.54) is 0 Å². The van der Waals surface area contributed by atoms with Crippen molar-refractivity contribution in [1.29, 1.82) is 0 Å². The first kappa shape index (κ1) is 19.2. The van der Waals surface area contributed by atoms with Crippen LogP contribution in [0.25, 0.3) is 0 Å². The summed E-state index contributed by atoms with van der Waals surface area (Å²) in [6, 6.07) is 1.94. The van der Waals surface area contributed by atoms with Crippen LogP contribution in [0.2, 0.25) is 0 Å². The highest BCUT2D eigenvalue weighted by Crippen LogP contribution is 2.34. The van der Waals surface area contributed by atoms with Crippen molar-refractivity contribution in [2.24, 2.45) is 0 Å². The van der Waals surface area contributed by atoms with Gasteiger partial charge in [-0.2, -0.15) is 13.2 Å². The molecular formula is C16H19F3N2O4. The van der Waals surface area contributed by atoms with Crippen LogP contribution in [0.5, 0.6) is 0 Å². The van der Waals surface area contributed by atoms with E-state index < -0.39 is 34.4 Å². The number of carbonyl (C=O) groups is 1. The molecule has 0 spiro atoms. The minimum Gasteiger partial charge on any atom is -0.465 e. The predicted molar refractivity (Wildman–Crippen MR) is 82.8 cm³/mol. The zero-order valence-corrected chi connectivity index (χ0v) is 13.7. The van der Waals surface area contributed by atoms with Crippen LogP contribution in [0.15, 0.2) is 18.2 Å². The Morgan fingerprint density at radius 2 is 2.12 bits per heavy atom. The number of carbonyl (C=O) groups excluding carboxylic acids is 1. The molecule has 25 heavy (non-hydrogen) atoms. The zero-order chi connectivity index (χ0) is 18.6. The largest absolute Gasteiger partial charge is 0.465 e. The van der Waals surface area contributed by atoms with E-state index in [-0.39, 0.29) is 18.7 Å². The standard InChI is InChI=1S/C16H19F3N2O4/c1-2-25-15(22)13-5-3-4-8-20(13)10-11-6-7-12(16(17,18)19)9-14(11)21(23)24/h6-7,9,13H,2-5,8,10H2,1H3. The van der Waals surface area contributed by atoms with E-state index in [1.54, 1.807) is 11.8 Å². The molecule has 9 heteroatoms. The summed E-state index contributed by atoms with van der Waals surface area (Å²) in [6.45, 7) is 2.47. The second-order valence-corrected chi connectivity index (χ2v) is 5.83. The lowest BCUT2D eigenvalue weighted by molar-refractivity contribution is -0.386. The number of nitrogens with zero attached hydrogens (tertiary/aromatic N) is 2. The summed E-state index contributed by atoms with van der Waals surface area (Å²) in [6.07, 6.45) is -2.45. The van der Waals surface area contributed by atoms with E-state index in [4.69, 9.17) is 4.74 Å².